The van der Waals surface area contributed by atoms with Crippen LogP contribution in [0.4, 0.5) is 5.69 Å². The van der Waals surface area contributed by atoms with E-state index in [0.717, 1.165) is 11.1 Å². The number of carbonyl (C=O) groups is 1. The van der Waals surface area contributed by atoms with Crippen molar-refractivity contribution in [3.05, 3.63) is 72.3 Å². The Labute approximate surface area is 116 Å². The zero-order chi connectivity index (χ0) is 13.9. The molecule has 0 bridgehead atoms. The molecule has 4 nitrogen and oxygen atoms in total. The maximum Gasteiger partial charge on any atom is 0.228 e. The molecule has 98 valence electrons. The third-order valence-corrected chi connectivity index (χ3v) is 3.06. The Hall–Kier alpha value is -2.88. The molecule has 0 aliphatic carbocycles. The second-order valence-corrected chi connectivity index (χ2v) is 4.47. The molecular weight excluding hydrogens is 250 g/mol. The number of benzene rings is 2. The van der Waals surface area contributed by atoms with Gasteiger partial charge in [-0.1, -0.05) is 30.3 Å². The zero-order valence-electron chi connectivity index (χ0n) is 10.7. The molecule has 20 heavy (non-hydrogen) atoms. The summed E-state index contributed by atoms with van der Waals surface area (Å²) in [6.07, 6.45) is 3.20. The van der Waals surface area contributed by atoms with Gasteiger partial charge in [0.05, 0.1) is 0 Å². The molecule has 0 aliphatic heterocycles. The van der Waals surface area contributed by atoms with E-state index in [9.17, 15) is 4.79 Å². The van der Waals surface area contributed by atoms with Crippen molar-refractivity contribution in [2.75, 3.05) is 5.73 Å². The maximum atomic E-state index is 12.2. The summed E-state index contributed by atoms with van der Waals surface area (Å²) in [4.78, 5) is 19.0. The van der Waals surface area contributed by atoms with E-state index < -0.39 is 0 Å². The Morgan fingerprint density at radius 1 is 1.05 bits per heavy atom. The first-order chi connectivity index (χ1) is 9.74. The molecule has 0 unspecified atom stereocenters. The molecule has 0 amide bonds. The zero-order valence-corrected chi connectivity index (χ0v) is 10.7. The van der Waals surface area contributed by atoms with Gasteiger partial charge >= 0.3 is 0 Å². The van der Waals surface area contributed by atoms with Crippen molar-refractivity contribution in [2.45, 2.75) is 0 Å². The summed E-state index contributed by atoms with van der Waals surface area (Å²) in [7, 11) is 0. The summed E-state index contributed by atoms with van der Waals surface area (Å²) >= 11 is 0. The van der Waals surface area contributed by atoms with Gasteiger partial charge in [0.15, 0.2) is 5.82 Å². The number of aromatic nitrogens is 2. The minimum Gasteiger partial charge on any atom is -0.399 e. The van der Waals surface area contributed by atoms with E-state index >= 15 is 0 Å². The van der Waals surface area contributed by atoms with Crippen molar-refractivity contribution in [3.8, 4) is 11.1 Å². The van der Waals surface area contributed by atoms with Gasteiger partial charge in [-0.3, -0.25) is 4.79 Å². The molecule has 0 saturated carbocycles. The molecule has 0 fully saturated rings. The molecule has 0 radical (unpaired) electrons. The number of nitrogens with one attached hydrogen (secondary N) is 1. The Morgan fingerprint density at radius 3 is 2.50 bits per heavy atom. The highest BCUT2D eigenvalue weighted by molar-refractivity contribution is 6.07. The van der Waals surface area contributed by atoms with E-state index in [-0.39, 0.29) is 5.78 Å². The molecule has 3 aromatic rings. The minimum atomic E-state index is -0.124. The van der Waals surface area contributed by atoms with Gasteiger partial charge in [-0.05, 0) is 29.3 Å². The van der Waals surface area contributed by atoms with Crippen molar-refractivity contribution in [3.63, 3.8) is 0 Å². The number of aromatic amines is 1. The first-order valence-electron chi connectivity index (χ1n) is 6.24. The second kappa shape index (κ2) is 5.01. The fourth-order valence-corrected chi connectivity index (χ4v) is 2.08. The Balaban J connectivity index is 2.00. The number of nitrogens with two attached hydrogens (primary N) is 1. The molecule has 1 aromatic heterocycles. The lowest BCUT2D eigenvalue weighted by atomic mass is 10.0. The van der Waals surface area contributed by atoms with Crippen LogP contribution in [0.3, 0.4) is 0 Å². The first-order valence-corrected chi connectivity index (χ1v) is 6.24. The molecule has 2 aromatic carbocycles. The number of carbonyl (C=O) groups excluding carboxylic acids is 1. The summed E-state index contributed by atoms with van der Waals surface area (Å²) in [5.74, 6) is 0.218. The van der Waals surface area contributed by atoms with Gasteiger partial charge in [0.1, 0.15) is 0 Å². The third kappa shape index (κ3) is 2.31. The molecule has 0 atom stereocenters. The van der Waals surface area contributed by atoms with E-state index in [0.29, 0.717) is 17.1 Å². The van der Waals surface area contributed by atoms with Crippen LogP contribution in [-0.4, -0.2) is 15.8 Å². The highest BCUT2D eigenvalue weighted by atomic mass is 16.1. The van der Waals surface area contributed by atoms with Gasteiger partial charge in [0.25, 0.3) is 0 Å². The SMILES string of the molecule is Nc1cccc(-c2cccc(C(=O)c3ncc[nH]3)c2)c1. The first kappa shape index (κ1) is 12.2. The predicted molar refractivity (Wildman–Crippen MR) is 78.3 cm³/mol. The predicted octanol–water partition coefficient (Wildman–Crippen LogP) is 2.89. The van der Waals surface area contributed by atoms with Crippen LogP contribution in [0.2, 0.25) is 0 Å². The molecule has 1 heterocycles. The largest absolute Gasteiger partial charge is 0.399 e. The van der Waals surface area contributed by atoms with Crippen LogP contribution in [0.15, 0.2) is 60.9 Å². The van der Waals surface area contributed by atoms with Crippen LogP contribution in [0, 0.1) is 0 Å². The quantitative estimate of drug-likeness (QED) is 0.563. The van der Waals surface area contributed by atoms with Crippen molar-refractivity contribution < 1.29 is 4.79 Å². The highest BCUT2D eigenvalue weighted by Crippen LogP contribution is 2.23. The van der Waals surface area contributed by atoms with Crippen LogP contribution in [0.1, 0.15) is 16.2 Å². The van der Waals surface area contributed by atoms with Crippen LogP contribution in [-0.2, 0) is 0 Å². The fraction of sp³-hybridized carbons (Fsp3) is 0. The van der Waals surface area contributed by atoms with Gasteiger partial charge in [0.2, 0.25) is 5.78 Å². The molecular formula is C16H13N3O. The summed E-state index contributed by atoms with van der Waals surface area (Å²) in [5, 5.41) is 0. The van der Waals surface area contributed by atoms with Crippen molar-refractivity contribution in [1.82, 2.24) is 9.97 Å². The summed E-state index contributed by atoms with van der Waals surface area (Å²) in [6, 6.07) is 15.0. The lowest BCUT2D eigenvalue weighted by Crippen LogP contribution is -2.03. The molecule has 0 spiro atoms. The lowest BCUT2D eigenvalue weighted by molar-refractivity contribution is 0.103. The van der Waals surface area contributed by atoms with Crippen LogP contribution < -0.4 is 5.73 Å². The molecule has 4 heteroatoms. The average molecular weight is 263 g/mol. The average Bonchev–Trinajstić information content (AvgIpc) is 3.01. The molecule has 0 saturated heterocycles. The van der Waals surface area contributed by atoms with Gasteiger partial charge < -0.3 is 10.7 Å². The number of H-pyrrole nitrogens is 1. The number of hydrogen-bond donors (Lipinski definition) is 2. The van der Waals surface area contributed by atoms with Crippen LogP contribution in [0.25, 0.3) is 11.1 Å². The third-order valence-electron chi connectivity index (χ3n) is 3.06. The Morgan fingerprint density at radius 2 is 1.80 bits per heavy atom. The van der Waals surface area contributed by atoms with Gasteiger partial charge in [0, 0.05) is 23.6 Å². The van der Waals surface area contributed by atoms with Gasteiger partial charge in [-0.25, -0.2) is 4.98 Å². The van der Waals surface area contributed by atoms with Crippen LogP contribution in [0.5, 0.6) is 0 Å². The topological polar surface area (TPSA) is 71.8 Å². The van der Waals surface area contributed by atoms with Gasteiger partial charge in [-0.15, -0.1) is 0 Å². The number of nitrogens with zero attached hydrogens (tertiary/aromatic N) is 1. The van der Waals surface area contributed by atoms with Crippen LogP contribution >= 0.6 is 0 Å². The number of imidazole rings is 1. The molecule has 3 rings (SSSR count). The van der Waals surface area contributed by atoms with E-state index in [1.807, 2.05) is 42.5 Å². The minimum absolute atomic E-state index is 0.124. The number of nitrogen functional groups attached to an aromatic ring is 1. The molecule has 3 N–H and O–H groups in total. The standard InChI is InChI=1S/C16H13N3O/c17-14-6-2-4-12(10-14)11-3-1-5-13(9-11)15(20)16-18-7-8-19-16/h1-10H,17H2,(H,18,19). The van der Waals surface area contributed by atoms with Crippen molar-refractivity contribution >= 4 is 11.5 Å². The van der Waals surface area contributed by atoms with E-state index in [4.69, 9.17) is 5.73 Å². The fourth-order valence-electron chi connectivity index (χ4n) is 2.08. The van der Waals surface area contributed by atoms with Gasteiger partial charge in [-0.2, -0.15) is 0 Å². The van der Waals surface area contributed by atoms with Crippen molar-refractivity contribution in [2.24, 2.45) is 0 Å². The smallest absolute Gasteiger partial charge is 0.228 e. The highest BCUT2D eigenvalue weighted by Gasteiger charge is 2.11. The monoisotopic (exact) mass is 263 g/mol. The Bertz CT molecular complexity index is 748. The second-order valence-electron chi connectivity index (χ2n) is 4.47. The van der Waals surface area contributed by atoms with E-state index in [1.54, 1.807) is 18.5 Å². The van der Waals surface area contributed by atoms with E-state index in [2.05, 4.69) is 9.97 Å². The number of rotatable bonds is 3. The summed E-state index contributed by atoms with van der Waals surface area (Å²) in [6.45, 7) is 0. The Kier molecular flexibility index (Phi) is 3.05. The van der Waals surface area contributed by atoms with Crippen molar-refractivity contribution in [1.29, 1.82) is 0 Å². The number of anilines is 1. The molecule has 0 aliphatic rings. The summed E-state index contributed by atoms with van der Waals surface area (Å²) < 4.78 is 0. The number of hydrogen-bond acceptors (Lipinski definition) is 3. The number of ketones is 1. The summed E-state index contributed by atoms with van der Waals surface area (Å²) in [5.41, 5.74) is 9.02. The lowest BCUT2D eigenvalue weighted by Gasteiger charge is -2.05. The normalized spacial score (nSPS) is 10.4. The maximum absolute atomic E-state index is 12.2. The van der Waals surface area contributed by atoms with E-state index in [1.165, 1.54) is 0 Å².